The number of carbonyl (C=O) groups excluding carboxylic acids is 4. The molecule has 12 nitrogen and oxygen atoms in total. The Morgan fingerprint density at radius 1 is 1.00 bits per heavy atom. The van der Waals surface area contributed by atoms with Crippen LogP contribution in [0.5, 0.6) is 0 Å². The third-order valence-electron chi connectivity index (χ3n) is 3.97. The van der Waals surface area contributed by atoms with Crippen molar-refractivity contribution in [1.82, 2.24) is 16.0 Å². The summed E-state index contributed by atoms with van der Waals surface area (Å²) in [6.07, 6.45) is 1.50. The van der Waals surface area contributed by atoms with Gasteiger partial charge in [-0.25, -0.2) is 0 Å². The molecule has 0 bridgehead atoms. The van der Waals surface area contributed by atoms with Crippen LogP contribution in [0.2, 0.25) is 0 Å². The molecule has 0 saturated heterocycles. The van der Waals surface area contributed by atoms with Crippen LogP contribution < -0.4 is 33.2 Å². The summed E-state index contributed by atoms with van der Waals surface area (Å²) in [5.74, 6) is -2.04. The van der Waals surface area contributed by atoms with E-state index in [1.54, 1.807) is 0 Å². The average molecular weight is 448 g/mol. The van der Waals surface area contributed by atoms with E-state index in [9.17, 15) is 24.3 Å². The topological polar surface area (TPSA) is 215 Å². The lowest BCUT2D eigenvalue weighted by Crippen LogP contribution is -2.58. The molecular formula is C17H33N7O5S. The summed E-state index contributed by atoms with van der Waals surface area (Å²) in [5, 5.41) is 17.1. The number of nitrogens with zero attached hydrogens (tertiary/aromatic N) is 1. The highest BCUT2D eigenvalue weighted by Crippen LogP contribution is 2.05. The molecule has 0 radical (unpaired) electrons. The number of hydrogen-bond donors (Lipinski definition) is 7. The van der Waals surface area contributed by atoms with Crippen molar-refractivity contribution in [2.45, 2.75) is 57.3 Å². The zero-order valence-electron chi connectivity index (χ0n) is 17.5. The van der Waals surface area contributed by atoms with E-state index in [0.29, 0.717) is 18.6 Å². The Kier molecular flexibility index (Phi) is 13.2. The highest BCUT2D eigenvalue weighted by molar-refractivity contribution is 7.98. The lowest BCUT2D eigenvalue weighted by Gasteiger charge is -2.25. The third kappa shape index (κ3) is 11.5. The SMILES string of the molecule is CSCC[C@H](NC(C)=O)C(=O)N[C@@H](CCCN=C(N)N)C(=O)N[C@H](C(N)=O)[C@@H](C)O. The van der Waals surface area contributed by atoms with Gasteiger partial charge in [0.15, 0.2) is 5.96 Å². The summed E-state index contributed by atoms with van der Waals surface area (Å²) < 4.78 is 0. The summed E-state index contributed by atoms with van der Waals surface area (Å²) in [5.41, 5.74) is 15.7. The van der Waals surface area contributed by atoms with Crippen LogP contribution in [0.4, 0.5) is 0 Å². The molecular weight excluding hydrogens is 414 g/mol. The Bertz CT molecular complexity index is 626. The molecule has 0 aromatic rings. The van der Waals surface area contributed by atoms with Gasteiger partial charge in [-0.15, -0.1) is 0 Å². The van der Waals surface area contributed by atoms with Crippen molar-refractivity contribution < 1.29 is 24.3 Å². The van der Waals surface area contributed by atoms with Crippen molar-refractivity contribution in [2.24, 2.45) is 22.2 Å². The second-order valence-corrected chi connectivity index (χ2v) is 7.66. The molecule has 0 heterocycles. The Balaban J connectivity index is 5.35. The molecule has 0 unspecified atom stereocenters. The molecule has 0 saturated carbocycles. The minimum atomic E-state index is -1.32. The molecule has 0 aliphatic carbocycles. The zero-order valence-corrected chi connectivity index (χ0v) is 18.3. The van der Waals surface area contributed by atoms with Gasteiger partial charge in [-0.3, -0.25) is 24.2 Å². The molecule has 13 heteroatoms. The maximum Gasteiger partial charge on any atom is 0.243 e. The van der Waals surface area contributed by atoms with E-state index in [2.05, 4.69) is 20.9 Å². The monoisotopic (exact) mass is 447 g/mol. The van der Waals surface area contributed by atoms with Crippen LogP contribution >= 0.6 is 11.8 Å². The number of thioether (sulfide) groups is 1. The summed E-state index contributed by atoms with van der Waals surface area (Å²) in [4.78, 5) is 52.0. The maximum absolute atomic E-state index is 12.7. The molecule has 0 aliphatic heterocycles. The van der Waals surface area contributed by atoms with Crippen molar-refractivity contribution >= 4 is 41.4 Å². The molecule has 0 aromatic carbocycles. The van der Waals surface area contributed by atoms with Gasteiger partial charge in [-0.2, -0.15) is 11.8 Å². The van der Waals surface area contributed by atoms with Crippen molar-refractivity contribution in [3.63, 3.8) is 0 Å². The molecule has 4 amide bonds. The van der Waals surface area contributed by atoms with E-state index in [0.717, 1.165) is 0 Å². The number of aliphatic imine (C=N–C) groups is 1. The van der Waals surface area contributed by atoms with Crippen LogP contribution in [-0.4, -0.2) is 77.5 Å². The Morgan fingerprint density at radius 2 is 1.57 bits per heavy atom. The average Bonchev–Trinajstić information content (AvgIpc) is 2.63. The predicted octanol–water partition coefficient (Wildman–Crippen LogP) is -2.87. The van der Waals surface area contributed by atoms with Gasteiger partial charge >= 0.3 is 0 Å². The van der Waals surface area contributed by atoms with E-state index >= 15 is 0 Å². The van der Waals surface area contributed by atoms with Gasteiger partial charge in [0.2, 0.25) is 23.6 Å². The van der Waals surface area contributed by atoms with Gasteiger partial charge in [0.1, 0.15) is 18.1 Å². The van der Waals surface area contributed by atoms with Gasteiger partial charge in [-0.05, 0) is 38.2 Å². The standard InChI is InChI=1S/C17H33N7O5S/c1-9(25)13(14(18)27)24-16(29)11(5-4-7-21-17(19)20)23-15(28)12(6-8-30-3)22-10(2)26/h9,11-13,25H,4-8H2,1-3H3,(H2,18,27)(H,22,26)(H,23,28)(H,24,29)(H4,19,20,21)/t9-,11+,12+,13+/m1/s1. The molecule has 0 rings (SSSR count). The fourth-order valence-electron chi connectivity index (χ4n) is 2.48. The van der Waals surface area contributed by atoms with Crippen LogP contribution in [0.1, 0.15) is 33.1 Å². The first-order valence-electron chi connectivity index (χ1n) is 9.39. The number of hydrogen-bond acceptors (Lipinski definition) is 7. The smallest absolute Gasteiger partial charge is 0.243 e. The lowest BCUT2D eigenvalue weighted by atomic mass is 10.1. The summed E-state index contributed by atoms with van der Waals surface area (Å²) >= 11 is 1.51. The van der Waals surface area contributed by atoms with Gasteiger partial charge in [0.05, 0.1) is 6.10 Å². The molecule has 0 fully saturated rings. The van der Waals surface area contributed by atoms with Crippen LogP contribution in [0.15, 0.2) is 4.99 Å². The Hall–Kier alpha value is -2.54. The van der Waals surface area contributed by atoms with E-state index in [-0.39, 0.29) is 24.8 Å². The largest absolute Gasteiger partial charge is 0.391 e. The minimum Gasteiger partial charge on any atom is -0.391 e. The first-order chi connectivity index (χ1) is 14.0. The number of primary amides is 1. The first kappa shape index (κ1) is 27.5. The number of nitrogens with one attached hydrogen (secondary N) is 3. The van der Waals surface area contributed by atoms with Crippen molar-refractivity contribution in [3.8, 4) is 0 Å². The Morgan fingerprint density at radius 3 is 2.03 bits per heavy atom. The summed E-state index contributed by atoms with van der Waals surface area (Å²) in [6, 6.07) is -3.21. The molecule has 30 heavy (non-hydrogen) atoms. The van der Waals surface area contributed by atoms with E-state index in [1.165, 1.54) is 25.6 Å². The minimum absolute atomic E-state index is 0.106. The fourth-order valence-corrected chi connectivity index (χ4v) is 2.95. The summed E-state index contributed by atoms with van der Waals surface area (Å²) in [6.45, 7) is 2.81. The maximum atomic E-state index is 12.7. The number of guanidine groups is 1. The molecule has 0 aliphatic rings. The zero-order chi connectivity index (χ0) is 23.3. The normalized spacial score (nSPS) is 14.5. The highest BCUT2D eigenvalue weighted by atomic mass is 32.2. The van der Waals surface area contributed by atoms with Crippen molar-refractivity contribution in [1.29, 1.82) is 0 Å². The molecule has 4 atom stereocenters. The molecule has 172 valence electrons. The van der Waals surface area contributed by atoms with Crippen molar-refractivity contribution in [2.75, 3.05) is 18.6 Å². The number of carbonyl (C=O) groups is 4. The van der Waals surface area contributed by atoms with Crippen LogP contribution in [0.25, 0.3) is 0 Å². The van der Waals surface area contributed by atoms with E-state index in [1.807, 2.05) is 6.26 Å². The highest BCUT2D eigenvalue weighted by Gasteiger charge is 2.30. The number of rotatable bonds is 14. The molecule has 0 aromatic heterocycles. The number of aliphatic hydroxyl groups excluding tert-OH is 1. The lowest BCUT2D eigenvalue weighted by molar-refractivity contribution is -0.134. The second-order valence-electron chi connectivity index (χ2n) is 6.67. The Labute approximate surface area is 180 Å². The quantitative estimate of drug-likeness (QED) is 0.0832. The van der Waals surface area contributed by atoms with Gasteiger partial charge in [-0.1, -0.05) is 0 Å². The van der Waals surface area contributed by atoms with Gasteiger partial charge in [0, 0.05) is 13.5 Å². The van der Waals surface area contributed by atoms with Crippen molar-refractivity contribution in [3.05, 3.63) is 0 Å². The summed E-state index contributed by atoms with van der Waals surface area (Å²) in [7, 11) is 0. The third-order valence-corrected chi connectivity index (χ3v) is 4.61. The van der Waals surface area contributed by atoms with Gasteiger partial charge in [0.25, 0.3) is 0 Å². The number of nitrogens with two attached hydrogens (primary N) is 3. The number of amides is 4. The van der Waals surface area contributed by atoms with Crippen LogP contribution in [0, 0.1) is 0 Å². The van der Waals surface area contributed by atoms with E-state index < -0.39 is 42.0 Å². The first-order valence-corrected chi connectivity index (χ1v) is 10.8. The van der Waals surface area contributed by atoms with Crippen LogP contribution in [0.3, 0.4) is 0 Å². The molecule has 0 spiro atoms. The van der Waals surface area contributed by atoms with Gasteiger partial charge < -0.3 is 38.3 Å². The fraction of sp³-hybridized carbons (Fsp3) is 0.706. The molecule has 10 N–H and O–H groups in total. The van der Waals surface area contributed by atoms with Crippen LogP contribution in [-0.2, 0) is 19.2 Å². The second kappa shape index (κ2) is 14.4. The number of aliphatic hydroxyl groups is 1. The predicted molar refractivity (Wildman–Crippen MR) is 115 cm³/mol. The van der Waals surface area contributed by atoms with E-state index in [4.69, 9.17) is 17.2 Å².